The van der Waals surface area contributed by atoms with Gasteiger partial charge in [-0.25, -0.2) is 4.79 Å². The Kier molecular flexibility index (Phi) is 3.43. The van der Waals surface area contributed by atoms with Crippen LogP contribution < -0.4 is 10.6 Å². The van der Waals surface area contributed by atoms with Crippen molar-refractivity contribution in [1.29, 1.82) is 0 Å². The maximum absolute atomic E-state index is 12.0. The second kappa shape index (κ2) is 5.05. The summed E-state index contributed by atoms with van der Waals surface area (Å²) in [6, 6.07) is 1.02. The zero-order chi connectivity index (χ0) is 12.5. The van der Waals surface area contributed by atoms with Gasteiger partial charge in [-0.15, -0.1) is 0 Å². The van der Waals surface area contributed by atoms with Crippen LogP contribution in [0.5, 0.6) is 0 Å². The molecule has 0 bridgehead atoms. The number of hydrogen-bond donors (Lipinski definition) is 2. The van der Waals surface area contributed by atoms with Crippen molar-refractivity contribution in [3.05, 3.63) is 0 Å². The van der Waals surface area contributed by atoms with E-state index >= 15 is 0 Å². The van der Waals surface area contributed by atoms with Crippen LogP contribution in [0.1, 0.15) is 19.3 Å². The lowest BCUT2D eigenvalue weighted by Crippen LogP contribution is -2.54. The van der Waals surface area contributed by atoms with Gasteiger partial charge in [-0.05, 0) is 25.8 Å². The number of nitrogens with one attached hydrogen (secondary N) is 2. The Hall–Kier alpha value is -0.810. The molecule has 1 saturated carbocycles. The Labute approximate surface area is 109 Å². The lowest BCUT2D eigenvalue weighted by molar-refractivity contribution is 0.151. The van der Waals surface area contributed by atoms with Gasteiger partial charge < -0.3 is 15.5 Å². The summed E-state index contributed by atoms with van der Waals surface area (Å²) in [5.74, 6) is 0.737. The van der Waals surface area contributed by atoms with E-state index in [0.717, 1.165) is 38.6 Å². The molecule has 3 rings (SSSR count). The molecule has 2 amide bonds. The molecule has 2 heterocycles. The maximum Gasteiger partial charge on any atom is 0.317 e. The molecule has 0 aromatic carbocycles. The number of urea groups is 1. The van der Waals surface area contributed by atoms with E-state index in [1.54, 1.807) is 0 Å². The van der Waals surface area contributed by atoms with E-state index in [9.17, 15) is 4.79 Å². The first-order chi connectivity index (χ1) is 8.74. The highest BCUT2D eigenvalue weighted by atomic mass is 16.2. The minimum Gasteiger partial charge on any atom is -0.333 e. The van der Waals surface area contributed by atoms with Crippen LogP contribution in [-0.2, 0) is 0 Å². The van der Waals surface area contributed by atoms with Crippen molar-refractivity contribution in [3.63, 3.8) is 0 Å². The molecule has 2 atom stereocenters. The van der Waals surface area contributed by atoms with Gasteiger partial charge in [0.05, 0.1) is 6.04 Å². The van der Waals surface area contributed by atoms with E-state index in [2.05, 4.69) is 22.6 Å². The van der Waals surface area contributed by atoms with Crippen LogP contribution in [0.4, 0.5) is 4.79 Å². The topological polar surface area (TPSA) is 47.6 Å². The van der Waals surface area contributed by atoms with E-state index in [4.69, 9.17) is 0 Å². The molecule has 2 N–H and O–H groups in total. The number of piperazine rings is 1. The number of carbonyl (C=O) groups excluding carboxylic acids is 1. The van der Waals surface area contributed by atoms with Crippen LogP contribution in [0, 0.1) is 5.92 Å². The van der Waals surface area contributed by atoms with Crippen molar-refractivity contribution in [1.82, 2.24) is 20.4 Å². The quantitative estimate of drug-likeness (QED) is 0.748. The molecule has 3 fully saturated rings. The van der Waals surface area contributed by atoms with Crippen molar-refractivity contribution < 1.29 is 4.79 Å². The molecule has 2 saturated heterocycles. The Balaban J connectivity index is 1.54. The van der Waals surface area contributed by atoms with Crippen LogP contribution in [0.3, 0.4) is 0 Å². The predicted molar refractivity (Wildman–Crippen MR) is 70.5 cm³/mol. The number of nitrogens with zero attached hydrogens (tertiary/aromatic N) is 2. The van der Waals surface area contributed by atoms with Gasteiger partial charge in [0.1, 0.15) is 0 Å². The van der Waals surface area contributed by atoms with Gasteiger partial charge in [0.25, 0.3) is 0 Å². The van der Waals surface area contributed by atoms with Crippen LogP contribution in [-0.4, -0.2) is 67.7 Å². The number of likely N-dealkylation sites (N-methyl/N-ethyl adjacent to an activating group) is 1. The zero-order valence-electron chi connectivity index (χ0n) is 11.2. The van der Waals surface area contributed by atoms with Gasteiger partial charge >= 0.3 is 6.03 Å². The third-order valence-corrected chi connectivity index (χ3v) is 4.81. The molecular weight excluding hydrogens is 228 g/mol. The van der Waals surface area contributed by atoms with Gasteiger partial charge in [-0.3, -0.25) is 4.90 Å². The molecule has 0 aromatic rings. The molecule has 102 valence electrons. The normalized spacial score (nSPS) is 34.5. The number of carbonyl (C=O) groups is 1. The molecule has 2 unspecified atom stereocenters. The van der Waals surface area contributed by atoms with E-state index in [1.807, 2.05) is 4.90 Å². The average Bonchev–Trinajstić information content (AvgIpc) is 2.61. The predicted octanol–water partition coefficient (Wildman–Crippen LogP) is 0.0839. The molecule has 5 nitrogen and oxygen atoms in total. The molecule has 5 heteroatoms. The first-order valence-corrected chi connectivity index (χ1v) is 7.20. The van der Waals surface area contributed by atoms with Crippen LogP contribution >= 0.6 is 0 Å². The SMILES string of the molecule is CN1CCNCC1CN1CC(C2CCC2)NC1=O. The molecule has 0 aromatic heterocycles. The second-order valence-electron chi connectivity index (χ2n) is 5.99. The highest BCUT2D eigenvalue weighted by Gasteiger charge is 2.37. The summed E-state index contributed by atoms with van der Waals surface area (Å²) in [7, 11) is 2.16. The summed E-state index contributed by atoms with van der Waals surface area (Å²) in [6.45, 7) is 4.90. The minimum absolute atomic E-state index is 0.144. The van der Waals surface area contributed by atoms with Crippen molar-refractivity contribution in [2.45, 2.75) is 31.3 Å². The molecular formula is C13H24N4O. The summed E-state index contributed by atoms with van der Waals surface area (Å²) in [6.07, 6.45) is 3.93. The van der Waals surface area contributed by atoms with Crippen LogP contribution in [0.15, 0.2) is 0 Å². The Morgan fingerprint density at radius 2 is 2.22 bits per heavy atom. The Bertz CT molecular complexity index is 318. The van der Waals surface area contributed by atoms with Crippen molar-refractivity contribution in [2.24, 2.45) is 5.92 Å². The minimum atomic E-state index is 0.144. The highest BCUT2D eigenvalue weighted by molar-refractivity contribution is 5.77. The zero-order valence-corrected chi connectivity index (χ0v) is 11.2. The highest BCUT2D eigenvalue weighted by Crippen LogP contribution is 2.31. The van der Waals surface area contributed by atoms with Crippen LogP contribution in [0.25, 0.3) is 0 Å². The summed E-state index contributed by atoms with van der Waals surface area (Å²) >= 11 is 0. The summed E-state index contributed by atoms with van der Waals surface area (Å²) in [5, 5.41) is 6.57. The molecule has 1 aliphatic carbocycles. The fourth-order valence-corrected chi connectivity index (χ4v) is 3.20. The van der Waals surface area contributed by atoms with E-state index in [-0.39, 0.29) is 6.03 Å². The Morgan fingerprint density at radius 1 is 1.39 bits per heavy atom. The second-order valence-corrected chi connectivity index (χ2v) is 5.99. The summed E-state index contributed by atoms with van der Waals surface area (Å²) in [4.78, 5) is 16.4. The van der Waals surface area contributed by atoms with Gasteiger partial charge in [0, 0.05) is 38.8 Å². The number of amides is 2. The van der Waals surface area contributed by atoms with E-state index < -0.39 is 0 Å². The van der Waals surface area contributed by atoms with E-state index in [0.29, 0.717) is 12.1 Å². The van der Waals surface area contributed by atoms with Gasteiger partial charge in [0.15, 0.2) is 0 Å². The smallest absolute Gasteiger partial charge is 0.317 e. The number of rotatable bonds is 3. The third-order valence-electron chi connectivity index (χ3n) is 4.81. The largest absolute Gasteiger partial charge is 0.333 e. The summed E-state index contributed by atoms with van der Waals surface area (Å²) in [5.41, 5.74) is 0. The lowest BCUT2D eigenvalue weighted by atomic mass is 9.80. The van der Waals surface area contributed by atoms with Crippen molar-refractivity contribution >= 4 is 6.03 Å². The van der Waals surface area contributed by atoms with Gasteiger partial charge in [0.2, 0.25) is 0 Å². The molecule has 2 aliphatic heterocycles. The maximum atomic E-state index is 12.0. The monoisotopic (exact) mass is 252 g/mol. The first kappa shape index (κ1) is 12.2. The fourth-order valence-electron chi connectivity index (χ4n) is 3.20. The molecule has 0 spiro atoms. The Morgan fingerprint density at radius 3 is 2.89 bits per heavy atom. The standard InChI is InChI=1S/C13H24N4O/c1-16-6-5-14-7-11(16)8-17-9-12(15-13(17)18)10-3-2-4-10/h10-12,14H,2-9H2,1H3,(H,15,18). The van der Waals surface area contributed by atoms with Crippen molar-refractivity contribution in [2.75, 3.05) is 39.8 Å². The van der Waals surface area contributed by atoms with Gasteiger partial charge in [-0.1, -0.05) is 6.42 Å². The van der Waals surface area contributed by atoms with Crippen molar-refractivity contribution in [3.8, 4) is 0 Å². The number of hydrogen-bond acceptors (Lipinski definition) is 3. The van der Waals surface area contributed by atoms with Gasteiger partial charge in [-0.2, -0.15) is 0 Å². The molecule has 18 heavy (non-hydrogen) atoms. The lowest BCUT2D eigenvalue weighted by Gasteiger charge is -2.35. The first-order valence-electron chi connectivity index (χ1n) is 7.20. The average molecular weight is 252 g/mol. The summed E-state index contributed by atoms with van der Waals surface area (Å²) < 4.78 is 0. The fraction of sp³-hybridized carbons (Fsp3) is 0.923. The van der Waals surface area contributed by atoms with Crippen LogP contribution in [0.2, 0.25) is 0 Å². The molecule has 0 radical (unpaired) electrons. The third kappa shape index (κ3) is 2.34. The van der Waals surface area contributed by atoms with E-state index in [1.165, 1.54) is 19.3 Å². The molecule has 3 aliphatic rings.